The number of fused-ring (bicyclic) bond motifs is 1. The van der Waals surface area contributed by atoms with Crippen molar-refractivity contribution in [3.63, 3.8) is 0 Å². The monoisotopic (exact) mass is 582 g/mol. The molecule has 2 aromatic heterocycles. The van der Waals surface area contributed by atoms with Crippen molar-refractivity contribution < 1.29 is 23.0 Å². The topological polar surface area (TPSA) is 110 Å². The number of rotatable bonds is 15. The molecule has 0 spiro atoms. The molecule has 13 heteroatoms. The van der Waals surface area contributed by atoms with E-state index in [1.54, 1.807) is 13.3 Å². The summed E-state index contributed by atoms with van der Waals surface area (Å²) < 4.78 is 40.3. The maximum atomic E-state index is 13.9. The van der Waals surface area contributed by atoms with Crippen LogP contribution >= 0.6 is 0 Å². The number of benzene rings is 2. The molecule has 42 heavy (non-hydrogen) atoms. The third-order valence-electron chi connectivity index (χ3n) is 6.53. The van der Waals surface area contributed by atoms with E-state index in [2.05, 4.69) is 56.5 Å². The number of aromatic nitrogens is 4. The first-order valence-electron chi connectivity index (χ1n) is 13.6. The first kappa shape index (κ1) is 30.6. The van der Waals surface area contributed by atoms with E-state index < -0.39 is 17.5 Å². The molecule has 0 atom stereocenters. The van der Waals surface area contributed by atoms with E-state index in [9.17, 15) is 13.6 Å². The number of carbonyl (C=O) groups is 1. The number of halogens is 2. The predicted octanol–water partition coefficient (Wildman–Crippen LogP) is 4.15. The Morgan fingerprint density at radius 2 is 1.93 bits per heavy atom. The van der Waals surface area contributed by atoms with E-state index >= 15 is 0 Å². The molecule has 0 unspecified atom stereocenters. The number of likely N-dealkylation sites (N-methyl/N-ethyl adjacent to an activating group) is 2. The maximum absolute atomic E-state index is 13.9. The lowest BCUT2D eigenvalue weighted by atomic mass is 10.2. The Kier molecular flexibility index (Phi) is 10.6. The zero-order valence-electron chi connectivity index (χ0n) is 24.2. The molecule has 0 aliphatic carbocycles. The minimum atomic E-state index is -1.12. The largest absolute Gasteiger partial charge is 0.493 e. The second-order valence-electron chi connectivity index (χ2n) is 9.88. The number of ether oxygens (including phenoxy) is 2. The molecular formula is C29H36F2N8O3. The predicted molar refractivity (Wildman–Crippen MR) is 157 cm³/mol. The number of hydrogen-bond donors (Lipinski definition) is 2. The van der Waals surface area contributed by atoms with E-state index in [1.807, 2.05) is 12.1 Å². The smallest absolute Gasteiger partial charge is 0.246 e. The van der Waals surface area contributed by atoms with Crippen molar-refractivity contribution in [1.29, 1.82) is 0 Å². The summed E-state index contributed by atoms with van der Waals surface area (Å²) in [6, 6.07) is 7.21. The Bertz CT molecular complexity index is 1500. The molecule has 2 N–H and O–H groups in total. The summed E-state index contributed by atoms with van der Waals surface area (Å²) in [6.45, 7) is 6.44. The molecule has 0 aliphatic rings. The molecule has 4 rings (SSSR count). The van der Waals surface area contributed by atoms with Crippen LogP contribution in [0.2, 0.25) is 0 Å². The van der Waals surface area contributed by atoms with E-state index in [4.69, 9.17) is 9.47 Å². The molecule has 2 heterocycles. The minimum absolute atomic E-state index is 0.206. The Balaban J connectivity index is 1.39. The van der Waals surface area contributed by atoms with Crippen LogP contribution in [0.4, 0.5) is 26.0 Å². The van der Waals surface area contributed by atoms with Crippen molar-refractivity contribution in [3.8, 4) is 11.5 Å². The van der Waals surface area contributed by atoms with Crippen molar-refractivity contribution >= 4 is 34.0 Å². The third-order valence-corrected chi connectivity index (χ3v) is 6.53. The molecule has 4 aromatic rings. The second kappa shape index (κ2) is 14.5. The van der Waals surface area contributed by atoms with Gasteiger partial charge in [-0.2, -0.15) is 5.10 Å². The van der Waals surface area contributed by atoms with Crippen LogP contribution in [0.25, 0.3) is 10.9 Å². The molecule has 1 amide bonds. The highest BCUT2D eigenvalue weighted by Gasteiger charge is 2.15. The van der Waals surface area contributed by atoms with Gasteiger partial charge in [0.15, 0.2) is 23.1 Å². The number of nitrogens with zero attached hydrogens (tertiary/aromatic N) is 6. The Morgan fingerprint density at radius 1 is 1.10 bits per heavy atom. The molecule has 0 fully saturated rings. The van der Waals surface area contributed by atoms with Crippen LogP contribution in [-0.2, 0) is 11.3 Å². The Labute approximate surface area is 243 Å². The maximum Gasteiger partial charge on any atom is 0.246 e. The fourth-order valence-corrected chi connectivity index (χ4v) is 4.26. The molecule has 2 aromatic carbocycles. The van der Waals surface area contributed by atoms with Gasteiger partial charge < -0.3 is 29.9 Å². The second-order valence-corrected chi connectivity index (χ2v) is 9.88. The number of anilines is 3. The summed E-state index contributed by atoms with van der Waals surface area (Å²) in [5.74, 6) is -1.06. The SMILES string of the molecule is CCN(CCCOc1cc2ncnc(Nc3cnn(CC(=O)Nc4cccc(F)c4F)c3)c2cc1OC)CCN(C)C. The highest BCUT2D eigenvalue weighted by Crippen LogP contribution is 2.34. The summed E-state index contributed by atoms with van der Waals surface area (Å²) >= 11 is 0. The first-order chi connectivity index (χ1) is 20.3. The number of methoxy groups -OCH3 is 1. The molecule has 11 nitrogen and oxygen atoms in total. The van der Waals surface area contributed by atoms with E-state index in [-0.39, 0.29) is 12.2 Å². The standard InChI is InChI=1S/C29H36F2N8O3/c1-5-38(12-11-37(2)3)10-7-13-42-26-15-24-21(14-25(26)41-4)29(33-19-32-24)35-20-16-34-39(17-20)18-27(40)36-23-9-6-8-22(30)28(23)31/h6,8-9,14-17,19H,5,7,10-13,18H2,1-4H3,(H,36,40)(H,32,33,35). The summed E-state index contributed by atoms with van der Waals surface area (Å²) in [4.78, 5) is 25.7. The average molecular weight is 583 g/mol. The van der Waals surface area contributed by atoms with Crippen molar-refractivity contribution in [3.05, 3.63) is 60.7 Å². The van der Waals surface area contributed by atoms with Crippen LogP contribution in [0, 0.1) is 11.6 Å². The van der Waals surface area contributed by atoms with Gasteiger partial charge in [-0.15, -0.1) is 0 Å². The van der Waals surface area contributed by atoms with Gasteiger partial charge in [0.05, 0.1) is 36.8 Å². The van der Waals surface area contributed by atoms with Crippen molar-refractivity contribution in [2.45, 2.75) is 19.9 Å². The molecular weight excluding hydrogens is 546 g/mol. The Morgan fingerprint density at radius 3 is 2.69 bits per heavy atom. The van der Waals surface area contributed by atoms with Crippen molar-refractivity contribution in [1.82, 2.24) is 29.5 Å². The zero-order valence-corrected chi connectivity index (χ0v) is 24.2. The highest BCUT2D eigenvalue weighted by atomic mass is 19.2. The molecule has 0 bridgehead atoms. The summed E-state index contributed by atoms with van der Waals surface area (Å²) in [7, 11) is 5.73. The van der Waals surface area contributed by atoms with Gasteiger partial charge in [0.2, 0.25) is 5.91 Å². The van der Waals surface area contributed by atoms with E-state index in [0.717, 1.165) is 38.7 Å². The van der Waals surface area contributed by atoms with Crippen LogP contribution in [0.15, 0.2) is 49.1 Å². The third kappa shape index (κ3) is 8.10. The molecule has 0 radical (unpaired) electrons. The minimum Gasteiger partial charge on any atom is -0.493 e. The number of amides is 1. The highest BCUT2D eigenvalue weighted by molar-refractivity contribution is 5.93. The number of hydrogen-bond acceptors (Lipinski definition) is 9. The Hall–Kier alpha value is -4.36. The quantitative estimate of drug-likeness (QED) is 0.200. The van der Waals surface area contributed by atoms with Crippen LogP contribution in [0.1, 0.15) is 13.3 Å². The van der Waals surface area contributed by atoms with E-state index in [0.29, 0.717) is 40.5 Å². The van der Waals surface area contributed by atoms with Gasteiger partial charge in [0, 0.05) is 37.3 Å². The number of nitrogens with one attached hydrogen (secondary N) is 2. The van der Waals surface area contributed by atoms with Gasteiger partial charge in [0.25, 0.3) is 0 Å². The van der Waals surface area contributed by atoms with Crippen molar-refractivity contribution in [2.75, 3.05) is 64.6 Å². The lowest BCUT2D eigenvalue weighted by Crippen LogP contribution is -2.32. The molecule has 224 valence electrons. The van der Waals surface area contributed by atoms with Crippen molar-refractivity contribution in [2.24, 2.45) is 0 Å². The van der Waals surface area contributed by atoms with Gasteiger partial charge >= 0.3 is 0 Å². The number of carbonyl (C=O) groups excluding carboxylic acids is 1. The summed E-state index contributed by atoms with van der Waals surface area (Å²) in [6.07, 6.45) is 5.44. The average Bonchev–Trinajstić information content (AvgIpc) is 3.41. The lowest BCUT2D eigenvalue weighted by Gasteiger charge is -2.22. The van der Waals surface area contributed by atoms with Crippen LogP contribution < -0.4 is 20.1 Å². The lowest BCUT2D eigenvalue weighted by molar-refractivity contribution is -0.116. The van der Waals surface area contributed by atoms with E-state index in [1.165, 1.54) is 29.3 Å². The van der Waals surface area contributed by atoms with Gasteiger partial charge in [-0.25, -0.2) is 18.7 Å². The van der Waals surface area contributed by atoms with Crippen LogP contribution in [0.3, 0.4) is 0 Å². The zero-order chi connectivity index (χ0) is 30.1. The fraction of sp³-hybridized carbons (Fsp3) is 0.379. The van der Waals surface area contributed by atoms with Crippen LogP contribution in [-0.4, -0.2) is 89.4 Å². The molecule has 0 saturated heterocycles. The first-order valence-corrected chi connectivity index (χ1v) is 13.6. The molecule has 0 saturated carbocycles. The summed E-state index contributed by atoms with van der Waals surface area (Å²) in [5, 5.41) is 10.4. The van der Waals surface area contributed by atoms with Gasteiger partial charge in [0.1, 0.15) is 18.7 Å². The van der Waals surface area contributed by atoms with Gasteiger partial charge in [-0.05, 0) is 45.3 Å². The molecule has 0 aliphatic heterocycles. The van der Waals surface area contributed by atoms with Gasteiger partial charge in [-0.1, -0.05) is 13.0 Å². The van der Waals surface area contributed by atoms with Gasteiger partial charge in [-0.3, -0.25) is 9.48 Å². The normalized spacial score (nSPS) is 11.3. The summed E-state index contributed by atoms with van der Waals surface area (Å²) in [5.41, 5.74) is 0.986. The fourth-order valence-electron chi connectivity index (χ4n) is 4.26. The van der Waals surface area contributed by atoms with Crippen LogP contribution in [0.5, 0.6) is 11.5 Å².